The molecule has 0 fully saturated rings. The van der Waals surface area contributed by atoms with Crippen LogP contribution >= 0.6 is 27.5 Å². The van der Waals surface area contributed by atoms with Crippen LogP contribution in [0.5, 0.6) is 0 Å². The van der Waals surface area contributed by atoms with Crippen molar-refractivity contribution in [2.75, 3.05) is 5.73 Å². The summed E-state index contributed by atoms with van der Waals surface area (Å²) < 4.78 is 0.762. The average molecular weight is 341 g/mol. The Morgan fingerprint density at radius 1 is 1.11 bits per heavy atom. The maximum absolute atomic E-state index is 5.96. The molecule has 0 spiro atoms. The number of nitrogens with two attached hydrogens (primary N) is 1. The van der Waals surface area contributed by atoms with Crippen LogP contribution in [0, 0.1) is 0 Å². The Morgan fingerprint density at radius 2 is 1.68 bits per heavy atom. The minimum absolute atomic E-state index is 0.114. The van der Waals surface area contributed by atoms with Gasteiger partial charge in [-0.15, -0.1) is 0 Å². The molecular formula is C14H15BrClN3. The Morgan fingerprint density at radius 3 is 2.21 bits per heavy atom. The quantitative estimate of drug-likeness (QED) is 0.835. The monoisotopic (exact) mass is 339 g/mol. The van der Waals surface area contributed by atoms with Gasteiger partial charge in [0.2, 0.25) is 0 Å². The fraction of sp³-hybridized carbons (Fsp3) is 0.286. The molecule has 0 unspecified atom stereocenters. The van der Waals surface area contributed by atoms with Crippen LogP contribution in [-0.2, 0) is 5.41 Å². The van der Waals surface area contributed by atoms with E-state index in [4.69, 9.17) is 17.3 Å². The molecule has 1 aromatic heterocycles. The Balaban J connectivity index is 2.60. The van der Waals surface area contributed by atoms with E-state index in [0.29, 0.717) is 16.7 Å². The summed E-state index contributed by atoms with van der Waals surface area (Å²) in [4.78, 5) is 8.95. The number of hydrogen-bond acceptors (Lipinski definition) is 3. The minimum Gasteiger partial charge on any atom is -0.383 e. The third kappa shape index (κ3) is 3.07. The van der Waals surface area contributed by atoms with Gasteiger partial charge >= 0.3 is 0 Å². The predicted molar refractivity (Wildman–Crippen MR) is 83.3 cm³/mol. The van der Waals surface area contributed by atoms with Gasteiger partial charge in [0, 0.05) is 16.0 Å². The van der Waals surface area contributed by atoms with Crippen molar-refractivity contribution in [2.45, 2.75) is 26.2 Å². The molecule has 0 radical (unpaired) electrons. The zero-order valence-corrected chi connectivity index (χ0v) is 13.4. The second kappa shape index (κ2) is 5.10. The van der Waals surface area contributed by atoms with Crippen LogP contribution in [0.4, 0.5) is 5.82 Å². The van der Waals surface area contributed by atoms with Crippen molar-refractivity contribution in [3.63, 3.8) is 0 Å². The third-order valence-corrected chi connectivity index (χ3v) is 3.72. The molecule has 1 aromatic carbocycles. The van der Waals surface area contributed by atoms with Crippen molar-refractivity contribution >= 4 is 33.3 Å². The van der Waals surface area contributed by atoms with Gasteiger partial charge in [-0.25, -0.2) is 9.97 Å². The molecule has 19 heavy (non-hydrogen) atoms. The summed E-state index contributed by atoms with van der Waals surface area (Å²) in [7, 11) is 0. The van der Waals surface area contributed by atoms with Crippen LogP contribution in [0.3, 0.4) is 0 Å². The van der Waals surface area contributed by atoms with Gasteiger partial charge in [0.1, 0.15) is 5.82 Å². The fourth-order valence-corrected chi connectivity index (χ4v) is 2.59. The van der Waals surface area contributed by atoms with E-state index in [-0.39, 0.29) is 5.41 Å². The minimum atomic E-state index is -0.114. The molecule has 0 aliphatic rings. The van der Waals surface area contributed by atoms with E-state index in [1.54, 1.807) is 0 Å². The van der Waals surface area contributed by atoms with Gasteiger partial charge < -0.3 is 5.73 Å². The molecule has 2 rings (SSSR count). The van der Waals surface area contributed by atoms with E-state index in [9.17, 15) is 0 Å². The second-order valence-electron chi connectivity index (χ2n) is 5.35. The lowest BCUT2D eigenvalue weighted by molar-refractivity contribution is 0.565. The first-order valence-electron chi connectivity index (χ1n) is 5.88. The Labute approximate surface area is 126 Å². The summed E-state index contributed by atoms with van der Waals surface area (Å²) in [6.45, 7) is 6.27. The van der Waals surface area contributed by atoms with Gasteiger partial charge in [0.05, 0.1) is 10.2 Å². The van der Waals surface area contributed by atoms with Crippen LogP contribution in [-0.4, -0.2) is 9.97 Å². The van der Waals surface area contributed by atoms with Crippen LogP contribution < -0.4 is 5.73 Å². The number of halogens is 2. The SMILES string of the molecule is CC(C)(C)c1nc(-c2ccc(Cl)cc2)nc(N)c1Br. The first-order chi connectivity index (χ1) is 8.79. The number of nitrogens with zero attached hydrogens (tertiary/aromatic N) is 2. The molecule has 0 saturated heterocycles. The van der Waals surface area contributed by atoms with E-state index in [0.717, 1.165) is 15.7 Å². The first-order valence-corrected chi connectivity index (χ1v) is 7.05. The summed E-state index contributed by atoms with van der Waals surface area (Å²) in [6, 6.07) is 7.40. The van der Waals surface area contributed by atoms with Crippen LogP contribution in [0.15, 0.2) is 28.7 Å². The highest BCUT2D eigenvalue weighted by Crippen LogP contribution is 2.33. The van der Waals surface area contributed by atoms with Crippen LogP contribution in [0.25, 0.3) is 11.4 Å². The average Bonchev–Trinajstić information content (AvgIpc) is 2.32. The van der Waals surface area contributed by atoms with E-state index in [1.165, 1.54) is 0 Å². The summed E-state index contributed by atoms with van der Waals surface area (Å²) >= 11 is 9.35. The predicted octanol–water partition coefficient (Wildman–Crippen LogP) is 4.44. The normalized spacial score (nSPS) is 11.6. The summed E-state index contributed by atoms with van der Waals surface area (Å²) in [5.41, 5.74) is 7.64. The van der Waals surface area contributed by atoms with Crippen molar-refractivity contribution in [1.82, 2.24) is 9.97 Å². The highest BCUT2D eigenvalue weighted by Gasteiger charge is 2.22. The molecule has 0 saturated carbocycles. The highest BCUT2D eigenvalue weighted by molar-refractivity contribution is 9.10. The second-order valence-corrected chi connectivity index (χ2v) is 6.58. The molecule has 2 N–H and O–H groups in total. The zero-order chi connectivity index (χ0) is 14.2. The van der Waals surface area contributed by atoms with Crippen LogP contribution in [0.1, 0.15) is 26.5 Å². The Kier molecular flexibility index (Phi) is 3.83. The van der Waals surface area contributed by atoms with Crippen LogP contribution in [0.2, 0.25) is 5.02 Å². The lowest BCUT2D eigenvalue weighted by Gasteiger charge is -2.20. The zero-order valence-electron chi connectivity index (χ0n) is 11.0. The number of benzene rings is 1. The van der Waals surface area contributed by atoms with Gasteiger partial charge in [-0.1, -0.05) is 32.4 Å². The molecular weight excluding hydrogens is 326 g/mol. The van der Waals surface area contributed by atoms with Crippen molar-refractivity contribution < 1.29 is 0 Å². The number of rotatable bonds is 1. The molecule has 1 heterocycles. The number of nitrogen functional groups attached to an aromatic ring is 1. The molecule has 3 nitrogen and oxygen atoms in total. The van der Waals surface area contributed by atoms with Crippen molar-refractivity contribution in [2.24, 2.45) is 0 Å². The van der Waals surface area contributed by atoms with E-state index in [2.05, 4.69) is 46.7 Å². The standard InChI is InChI=1S/C14H15BrClN3/c1-14(2,3)11-10(15)12(17)19-13(18-11)8-4-6-9(16)7-5-8/h4-7H,1-3H3,(H2,17,18,19). The van der Waals surface area contributed by atoms with Gasteiger partial charge in [0.15, 0.2) is 5.82 Å². The number of hydrogen-bond donors (Lipinski definition) is 1. The molecule has 0 atom stereocenters. The topological polar surface area (TPSA) is 51.8 Å². The molecule has 100 valence electrons. The molecule has 5 heteroatoms. The highest BCUT2D eigenvalue weighted by atomic mass is 79.9. The summed E-state index contributed by atoms with van der Waals surface area (Å²) in [6.07, 6.45) is 0. The van der Waals surface area contributed by atoms with E-state index >= 15 is 0 Å². The lowest BCUT2D eigenvalue weighted by atomic mass is 9.91. The molecule has 2 aromatic rings. The van der Waals surface area contributed by atoms with Crippen molar-refractivity contribution in [3.8, 4) is 11.4 Å². The largest absolute Gasteiger partial charge is 0.383 e. The lowest BCUT2D eigenvalue weighted by Crippen LogP contribution is -2.17. The first kappa shape index (κ1) is 14.3. The van der Waals surface area contributed by atoms with Gasteiger partial charge in [0.25, 0.3) is 0 Å². The van der Waals surface area contributed by atoms with E-state index < -0.39 is 0 Å². The van der Waals surface area contributed by atoms with Crippen molar-refractivity contribution in [3.05, 3.63) is 39.5 Å². The third-order valence-electron chi connectivity index (χ3n) is 2.69. The van der Waals surface area contributed by atoms with E-state index in [1.807, 2.05) is 24.3 Å². The molecule has 0 aliphatic carbocycles. The molecule has 0 aliphatic heterocycles. The van der Waals surface area contributed by atoms with Crippen molar-refractivity contribution in [1.29, 1.82) is 0 Å². The van der Waals surface area contributed by atoms with Gasteiger partial charge in [-0.3, -0.25) is 0 Å². The maximum Gasteiger partial charge on any atom is 0.161 e. The maximum atomic E-state index is 5.96. The number of anilines is 1. The Hall–Kier alpha value is -1.13. The summed E-state index contributed by atoms with van der Waals surface area (Å²) in [5, 5.41) is 0.685. The van der Waals surface area contributed by atoms with Gasteiger partial charge in [-0.2, -0.15) is 0 Å². The smallest absolute Gasteiger partial charge is 0.161 e. The Bertz CT molecular complexity index is 603. The molecule has 0 bridgehead atoms. The van der Waals surface area contributed by atoms with Gasteiger partial charge in [-0.05, 0) is 40.2 Å². The number of aromatic nitrogens is 2. The fourth-order valence-electron chi connectivity index (χ4n) is 1.69. The molecule has 0 amide bonds. The summed E-state index contributed by atoms with van der Waals surface area (Å²) in [5.74, 6) is 1.06.